The van der Waals surface area contributed by atoms with Crippen molar-refractivity contribution in [2.45, 2.75) is 12.5 Å². The highest BCUT2D eigenvalue weighted by atomic mass is 16.6. The molecular formula is C14H15N5O3. The van der Waals surface area contributed by atoms with Crippen LogP contribution >= 0.6 is 0 Å². The van der Waals surface area contributed by atoms with Crippen LogP contribution in [0.25, 0.3) is 5.69 Å². The van der Waals surface area contributed by atoms with Crippen LogP contribution in [0.4, 0.5) is 5.69 Å². The Morgan fingerprint density at radius 2 is 2.05 bits per heavy atom. The van der Waals surface area contributed by atoms with Gasteiger partial charge in [-0.1, -0.05) is 0 Å². The van der Waals surface area contributed by atoms with Crippen molar-refractivity contribution in [1.29, 1.82) is 0 Å². The Labute approximate surface area is 126 Å². The SMILES string of the molecule is N[C@@H]1CCN(C(=O)c2ccn(-c3ccc([N+](=O)[O-])cc3)n2)C1. The third kappa shape index (κ3) is 2.68. The number of aromatic nitrogens is 2. The van der Waals surface area contributed by atoms with E-state index in [1.54, 1.807) is 29.3 Å². The predicted octanol–water partition coefficient (Wildman–Crippen LogP) is 0.954. The smallest absolute Gasteiger partial charge is 0.274 e. The van der Waals surface area contributed by atoms with Gasteiger partial charge in [-0.15, -0.1) is 0 Å². The van der Waals surface area contributed by atoms with E-state index >= 15 is 0 Å². The van der Waals surface area contributed by atoms with Crippen LogP contribution in [0.2, 0.25) is 0 Å². The molecule has 1 atom stereocenters. The Morgan fingerprint density at radius 1 is 1.32 bits per heavy atom. The molecule has 8 nitrogen and oxygen atoms in total. The molecule has 0 aliphatic carbocycles. The third-order valence-electron chi connectivity index (χ3n) is 3.65. The fourth-order valence-electron chi connectivity index (χ4n) is 2.44. The number of nitro benzene ring substituents is 1. The van der Waals surface area contributed by atoms with Gasteiger partial charge in [-0.05, 0) is 24.6 Å². The second kappa shape index (κ2) is 5.57. The van der Waals surface area contributed by atoms with E-state index in [1.807, 2.05) is 0 Å². The summed E-state index contributed by atoms with van der Waals surface area (Å²) in [6, 6.07) is 7.64. The molecule has 0 saturated carbocycles. The van der Waals surface area contributed by atoms with Crippen LogP contribution in [-0.2, 0) is 0 Å². The number of hydrogen-bond donors (Lipinski definition) is 1. The van der Waals surface area contributed by atoms with Gasteiger partial charge in [0.05, 0.1) is 10.6 Å². The van der Waals surface area contributed by atoms with Gasteiger partial charge in [0, 0.05) is 37.5 Å². The molecule has 114 valence electrons. The van der Waals surface area contributed by atoms with Gasteiger partial charge < -0.3 is 10.6 Å². The molecular weight excluding hydrogens is 286 g/mol. The first-order valence-corrected chi connectivity index (χ1v) is 6.90. The first kappa shape index (κ1) is 14.2. The summed E-state index contributed by atoms with van der Waals surface area (Å²) < 4.78 is 1.52. The molecule has 0 radical (unpaired) electrons. The first-order chi connectivity index (χ1) is 10.5. The maximum Gasteiger partial charge on any atom is 0.274 e. The Hall–Kier alpha value is -2.74. The normalized spacial score (nSPS) is 17.7. The number of nitrogens with two attached hydrogens (primary N) is 1. The van der Waals surface area contributed by atoms with E-state index in [2.05, 4.69) is 5.10 Å². The molecule has 22 heavy (non-hydrogen) atoms. The maximum atomic E-state index is 12.3. The topological polar surface area (TPSA) is 107 Å². The third-order valence-corrected chi connectivity index (χ3v) is 3.65. The zero-order valence-electron chi connectivity index (χ0n) is 11.8. The van der Waals surface area contributed by atoms with E-state index in [4.69, 9.17) is 5.73 Å². The highest BCUT2D eigenvalue weighted by Gasteiger charge is 2.25. The number of likely N-dealkylation sites (tertiary alicyclic amines) is 1. The van der Waals surface area contributed by atoms with Gasteiger partial charge in [0.2, 0.25) is 0 Å². The summed E-state index contributed by atoms with van der Waals surface area (Å²) in [4.78, 5) is 24.2. The molecule has 0 spiro atoms. The molecule has 2 N–H and O–H groups in total. The van der Waals surface area contributed by atoms with Gasteiger partial charge in [0.15, 0.2) is 5.69 Å². The van der Waals surface area contributed by atoms with Crippen LogP contribution in [0.15, 0.2) is 36.5 Å². The zero-order valence-corrected chi connectivity index (χ0v) is 11.8. The maximum absolute atomic E-state index is 12.3. The van der Waals surface area contributed by atoms with Crippen molar-refractivity contribution in [2.24, 2.45) is 5.73 Å². The summed E-state index contributed by atoms with van der Waals surface area (Å²) in [5, 5.41) is 14.9. The molecule has 0 bridgehead atoms. The minimum atomic E-state index is -0.460. The minimum Gasteiger partial charge on any atom is -0.336 e. The van der Waals surface area contributed by atoms with E-state index in [9.17, 15) is 14.9 Å². The summed E-state index contributed by atoms with van der Waals surface area (Å²) >= 11 is 0. The second-order valence-electron chi connectivity index (χ2n) is 5.22. The summed E-state index contributed by atoms with van der Waals surface area (Å²) in [5.74, 6) is -0.145. The van der Waals surface area contributed by atoms with Crippen molar-refractivity contribution in [3.8, 4) is 5.69 Å². The average Bonchev–Trinajstić information content (AvgIpc) is 3.15. The Bertz CT molecular complexity index is 710. The number of nitrogens with zero attached hydrogens (tertiary/aromatic N) is 4. The van der Waals surface area contributed by atoms with Gasteiger partial charge in [-0.25, -0.2) is 4.68 Å². The number of non-ortho nitro benzene ring substituents is 1. The van der Waals surface area contributed by atoms with Gasteiger partial charge in [0.25, 0.3) is 11.6 Å². The molecule has 3 rings (SSSR count). The highest BCUT2D eigenvalue weighted by Crippen LogP contribution is 2.16. The molecule has 1 aromatic heterocycles. The largest absolute Gasteiger partial charge is 0.336 e. The lowest BCUT2D eigenvalue weighted by Gasteiger charge is -2.13. The number of rotatable bonds is 3. The van der Waals surface area contributed by atoms with Gasteiger partial charge in [0.1, 0.15) is 0 Å². The van der Waals surface area contributed by atoms with Gasteiger partial charge in [-0.2, -0.15) is 5.10 Å². The quantitative estimate of drug-likeness (QED) is 0.671. The summed E-state index contributed by atoms with van der Waals surface area (Å²) in [6.07, 6.45) is 2.46. The van der Waals surface area contributed by atoms with Crippen LogP contribution < -0.4 is 5.73 Å². The molecule has 0 unspecified atom stereocenters. The number of amides is 1. The monoisotopic (exact) mass is 301 g/mol. The standard InChI is InChI=1S/C14H15N5O3/c15-10-5-7-17(9-10)14(20)13-6-8-18(16-13)11-1-3-12(4-2-11)19(21)22/h1-4,6,8,10H,5,7,9,15H2/t10-/m1/s1. The fraction of sp³-hybridized carbons (Fsp3) is 0.286. The molecule has 1 amide bonds. The van der Waals surface area contributed by atoms with Crippen molar-refractivity contribution in [1.82, 2.24) is 14.7 Å². The van der Waals surface area contributed by atoms with Crippen molar-refractivity contribution in [3.05, 3.63) is 52.3 Å². The van der Waals surface area contributed by atoms with Crippen molar-refractivity contribution in [3.63, 3.8) is 0 Å². The number of benzene rings is 1. The lowest BCUT2D eigenvalue weighted by atomic mass is 10.3. The number of nitro groups is 1. The van der Waals surface area contributed by atoms with Gasteiger partial charge >= 0.3 is 0 Å². The molecule has 1 saturated heterocycles. The molecule has 1 aliphatic heterocycles. The Kier molecular flexibility index (Phi) is 3.60. The van der Waals surface area contributed by atoms with Crippen molar-refractivity contribution >= 4 is 11.6 Å². The van der Waals surface area contributed by atoms with Crippen LogP contribution in [0.1, 0.15) is 16.9 Å². The number of carbonyl (C=O) groups excluding carboxylic acids is 1. The van der Waals surface area contributed by atoms with Crippen LogP contribution in [0, 0.1) is 10.1 Å². The predicted molar refractivity (Wildman–Crippen MR) is 78.7 cm³/mol. The van der Waals surface area contributed by atoms with E-state index in [-0.39, 0.29) is 17.6 Å². The van der Waals surface area contributed by atoms with E-state index < -0.39 is 4.92 Å². The van der Waals surface area contributed by atoms with Crippen LogP contribution in [-0.4, -0.2) is 44.6 Å². The zero-order chi connectivity index (χ0) is 15.7. The molecule has 8 heteroatoms. The van der Waals surface area contributed by atoms with E-state index in [0.717, 1.165) is 6.42 Å². The van der Waals surface area contributed by atoms with Crippen molar-refractivity contribution in [2.75, 3.05) is 13.1 Å². The summed E-state index contributed by atoms with van der Waals surface area (Å²) in [5.41, 5.74) is 6.81. The molecule has 2 aromatic rings. The number of hydrogen-bond acceptors (Lipinski definition) is 5. The lowest BCUT2D eigenvalue weighted by molar-refractivity contribution is -0.384. The molecule has 2 heterocycles. The van der Waals surface area contributed by atoms with Crippen LogP contribution in [0.5, 0.6) is 0 Å². The van der Waals surface area contributed by atoms with Crippen molar-refractivity contribution < 1.29 is 9.72 Å². The van der Waals surface area contributed by atoms with Crippen LogP contribution in [0.3, 0.4) is 0 Å². The van der Waals surface area contributed by atoms with E-state index in [1.165, 1.54) is 16.8 Å². The molecule has 1 aromatic carbocycles. The Morgan fingerprint density at radius 3 is 2.64 bits per heavy atom. The lowest BCUT2D eigenvalue weighted by Crippen LogP contribution is -2.32. The van der Waals surface area contributed by atoms with Gasteiger partial charge in [-0.3, -0.25) is 14.9 Å². The highest BCUT2D eigenvalue weighted by molar-refractivity contribution is 5.92. The minimum absolute atomic E-state index is 0.0123. The molecule has 1 aliphatic rings. The fourth-order valence-corrected chi connectivity index (χ4v) is 2.44. The first-order valence-electron chi connectivity index (χ1n) is 6.90. The molecule has 1 fully saturated rings. The second-order valence-corrected chi connectivity index (χ2v) is 5.22. The average molecular weight is 301 g/mol. The van der Waals surface area contributed by atoms with E-state index in [0.29, 0.717) is 24.5 Å². The summed E-state index contributed by atoms with van der Waals surface area (Å²) in [7, 11) is 0. The Balaban J connectivity index is 1.78. The summed E-state index contributed by atoms with van der Waals surface area (Å²) in [6.45, 7) is 1.19. The number of carbonyl (C=O) groups is 1.